The summed E-state index contributed by atoms with van der Waals surface area (Å²) in [7, 11) is 0. The first-order valence-electron chi connectivity index (χ1n) is 10.1. The van der Waals surface area contributed by atoms with Crippen LogP contribution in [0.1, 0.15) is 29.1 Å². The van der Waals surface area contributed by atoms with E-state index in [0.717, 1.165) is 32.2 Å². The Bertz CT molecular complexity index is 1320. The number of carbonyl (C=O) groups excluding carboxylic acids is 1. The lowest BCUT2D eigenvalue weighted by Gasteiger charge is -2.11. The highest BCUT2D eigenvalue weighted by Crippen LogP contribution is 2.41. The van der Waals surface area contributed by atoms with Gasteiger partial charge in [-0.3, -0.25) is 4.79 Å². The van der Waals surface area contributed by atoms with E-state index in [9.17, 15) is 4.79 Å². The summed E-state index contributed by atoms with van der Waals surface area (Å²) in [5.41, 5.74) is 3.89. The summed E-state index contributed by atoms with van der Waals surface area (Å²) >= 11 is 7.56. The summed E-state index contributed by atoms with van der Waals surface area (Å²) in [5.74, 6) is -0.0392. The van der Waals surface area contributed by atoms with Crippen molar-refractivity contribution in [3.05, 3.63) is 46.2 Å². The van der Waals surface area contributed by atoms with Gasteiger partial charge in [-0.15, -0.1) is 11.3 Å². The van der Waals surface area contributed by atoms with Gasteiger partial charge in [-0.2, -0.15) is 0 Å². The van der Waals surface area contributed by atoms with E-state index in [1.165, 1.54) is 11.3 Å². The van der Waals surface area contributed by atoms with Gasteiger partial charge >= 0.3 is 0 Å². The average Bonchev–Trinajstić information content (AvgIpc) is 3.09. The second-order valence-corrected chi connectivity index (χ2v) is 8.80. The molecule has 0 saturated heterocycles. The van der Waals surface area contributed by atoms with Crippen LogP contribution in [-0.4, -0.2) is 40.1 Å². The highest BCUT2D eigenvalue weighted by atomic mass is 35.5. The number of benzene rings is 1. The smallest absolute Gasteiger partial charge is 0.263 e. The first-order valence-corrected chi connectivity index (χ1v) is 11.2. The van der Waals surface area contributed by atoms with Crippen LogP contribution in [0.3, 0.4) is 0 Å². The predicted octanol–water partition coefficient (Wildman–Crippen LogP) is 4.64. The fourth-order valence-corrected chi connectivity index (χ4v) is 5.01. The second-order valence-electron chi connectivity index (χ2n) is 7.41. The third-order valence-electron chi connectivity index (χ3n) is 5.23. The lowest BCUT2D eigenvalue weighted by atomic mass is 10.1. The number of amides is 1. The normalized spacial score (nSPS) is 16.1. The number of ether oxygens (including phenoxy) is 1. The standard InChI is InChI=1S/C22H20ClN5O2S/c1-3-30-10-12-9-25-22(23)28-18(12)15-5-4-13-14(27-15)6-7-16-17(13)19-20(31-16)21(29)26-11(2)8-24-19/h4-7,9,11,24H,3,8,10H2,1-2H3,(H,26,29)/t11-/m1/s1. The van der Waals surface area contributed by atoms with Crippen LogP contribution in [0.25, 0.3) is 32.4 Å². The van der Waals surface area contributed by atoms with E-state index in [1.807, 2.05) is 38.1 Å². The molecule has 1 atom stereocenters. The lowest BCUT2D eigenvalue weighted by molar-refractivity contribution is 0.0949. The number of fused-ring (bicyclic) bond motifs is 5. The molecule has 5 rings (SSSR count). The minimum Gasteiger partial charge on any atom is -0.381 e. The number of rotatable bonds is 4. The zero-order chi connectivity index (χ0) is 21.5. The van der Waals surface area contributed by atoms with Gasteiger partial charge in [0.05, 0.1) is 29.2 Å². The summed E-state index contributed by atoms with van der Waals surface area (Å²) in [6, 6.07) is 8.01. The highest BCUT2D eigenvalue weighted by molar-refractivity contribution is 7.21. The van der Waals surface area contributed by atoms with Crippen LogP contribution in [0, 0.1) is 0 Å². The molecule has 31 heavy (non-hydrogen) atoms. The molecule has 0 radical (unpaired) electrons. The van der Waals surface area contributed by atoms with E-state index in [0.29, 0.717) is 36.0 Å². The van der Waals surface area contributed by atoms with E-state index in [4.69, 9.17) is 21.3 Å². The molecule has 0 fully saturated rings. The molecular weight excluding hydrogens is 434 g/mol. The maximum Gasteiger partial charge on any atom is 0.263 e. The number of aromatic nitrogens is 3. The number of nitrogens with zero attached hydrogens (tertiary/aromatic N) is 3. The maximum absolute atomic E-state index is 12.6. The van der Waals surface area contributed by atoms with E-state index >= 15 is 0 Å². The van der Waals surface area contributed by atoms with Gasteiger partial charge in [-0.05, 0) is 49.7 Å². The minimum atomic E-state index is -0.0392. The SMILES string of the molecule is CCOCc1cnc(Cl)nc1-c1ccc2c(ccc3sc4c(c32)NC[C@@H](C)NC4=O)n1. The molecule has 0 spiro atoms. The monoisotopic (exact) mass is 453 g/mol. The van der Waals surface area contributed by atoms with Gasteiger partial charge in [0.15, 0.2) is 0 Å². The Kier molecular flexibility index (Phi) is 5.21. The fraction of sp³-hybridized carbons (Fsp3) is 0.273. The molecule has 1 aromatic carbocycles. The number of thiophene rings is 1. The van der Waals surface area contributed by atoms with Gasteiger partial charge in [0.1, 0.15) is 4.88 Å². The number of anilines is 1. The zero-order valence-corrected chi connectivity index (χ0v) is 18.6. The molecule has 158 valence electrons. The molecule has 4 heterocycles. The quantitative estimate of drug-likeness (QED) is 0.437. The Morgan fingerprint density at radius 3 is 2.97 bits per heavy atom. The Balaban J connectivity index is 1.67. The molecule has 2 N–H and O–H groups in total. The molecule has 1 amide bonds. The minimum absolute atomic E-state index is 0.0392. The Morgan fingerprint density at radius 1 is 1.26 bits per heavy atom. The second kappa shape index (κ2) is 8.03. The third-order valence-corrected chi connectivity index (χ3v) is 6.57. The van der Waals surface area contributed by atoms with Crippen molar-refractivity contribution >= 4 is 55.5 Å². The van der Waals surface area contributed by atoms with Crippen molar-refractivity contribution < 1.29 is 9.53 Å². The van der Waals surface area contributed by atoms with Crippen molar-refractivity contribution in [1.82, 2.24) is 20.3 Å². The Morgan fingerprint density at radius 2 is 2.13 bits per heavy atom. The van der Waals surface area contributed by atoms with Crippen molar-refractivity contribution in [3.63, 3.8) is 0 Å². The van der Waals surface area contributed by atoms with Crippen molar-refractivity contribution in [2.45, 2.75) is 26.5 Å². The van der Waals surface area contributed by atoms with E-state index in [1.54, 1.807) is 6.20 Å². The molecule has 7 nitrogen and oxygen atoms in total. The summed E-state index contributed by atoms with van der Waals surface area (Å²) in [6.45, 7) is 5.58. The highest BCUT2D eigenvalue weighted by Gasteiger charge is 2.25. The first kappa shape index (κ1) is 20.1. The van der Waals surface area contributed by atoms with Crippen LogP contribution in [0.2, 0.25) is 5.28 Å². The molecule has 0 saturated carbocycles. The molecule has 1 aliphatic heterocycles. The molecule has 9 heteroatoms. The molecule has 1 aliphatic rings. The molecular formula is C22H20ClN5O2S. The number of nitrogens with one attached hydrogen (secondary N) is 2. The molecule has 4 aromatic rings. The van der Waals surface area contributed by atoms with Crippen molar-refractivity contribution in [1.29, 1.82) is 0 Å². The molecule has 0 unspecified atom stereocenters. The molecule has 3 aromatic heterocycles. The van der Waals surface area contributed by atoms with Crippen LogP contribution in [0.4, 0.5) is 5.69 Å². The predicted molar refractivity (Wildman–Crippen MR) is 124 cm³/mol. The summed E-state index contributed by atoms with van der Waals surface area (Å²) in [5, 5.41) is 8.65. The number of pyridine rings is 1. The van der Waals surface area contributed by atoms with E-state index in [-0.39, 0.29) is 17.2 Å². The van der Waals surface area contributed by atoms with Gasteiger partial charge < -0.3 is 15.4 Å². The number of halogens is 1. The van der Waals surface area contributed by atoms with Crippen molar-refractivity contribution in [2.75, 3.05) is 18.5 Å². The van der Waals surface area contributed by atoms with Crippen LogP contribution >= 0.6 is 22.9 Å². The van der Waals surface area contributed by atoms with Gasteiger partial charge in [-0.25, -0.2) is 15.0 Å². The zero-order valence-electron chi connectivity index (χ0n) is 17.0. The van der Waals surface area contributed by atoms with E-state index < -0.39 is 0 Å². The van der Waals surface area contributed by atoms with Crippen LogP contribution < -0.4 is 10.6 Å². The fourth-order valence-electron chi connectivity index (χ4n) is 3.78. The topological polar surface area (TPSA) is 89.0 Å². The van der Waals surface area contributed by atoms with Crippen LogP contribution in [-0.2, 0) is 11.3 Å². The van der Waals surface area contributed by atoms with Crippen molar-refractivity contribution in [2.24, 2.45) is 0 Å². The van der Waals surface area contributed by atoms with Crippen molar-refractivity contribution in [3.8, 4) is 11.4 Å². The van der Waals surface area contributed by atoms with Gasteiger partial charge in [-0.1, -0.05) is 0 Å². The Labute approximate surface area is 187 Å². The number of carbonyl (C=O) groups is 1. The number of hydrogen-bond acceptors (Lipinski definition) is 7. The summed E-state index contributed by atoms with van der Waals surface area (Å²) in [4.78, 5) is 26.7. The van der Waals surface area contributed by atoms with Gasteiger partial charge in [0.2, 0.25) is 5.28 Å². The Hall–Kier alpha value is -2.81. The maximum atomic E-state index is 12.6. The summed E-state index contributed by atoms with van der Waals surface area (Å²) < 4.78 is 6.60. The van der Waals surface area contributed by atoms with Crippen LogP contribution in [0.15, 0.2) is 30.5 Å². The summed E-state index contributed by atoms with van der Waals surface area (Å²) in [6.07, 6.45) is 1.68. The van der Waals surface area contributed by atoms with Gasteiger partial charge in [0.25, 0.3) is 5.91 Å². The lowest BCUT2D eigenvalue weighted by Crippen LogP contribution is -2.34. The third kappa shape index (κ3) is 3.60. The van der Waals surface area contributed by atoms with E-state index in [2.05, 4.69) is 20.6 Å². The van der Waals surface area contributed by atoms with Crippen LogP contribution in [0.5, 0.6) is 0 Å². The molecule has 0 aliphatic carbocycles. The average molecular weight is 454 g/mol. The first-order chi connectivity index (χ1) is 15.0. The number of hydrogen-bond donors (Lipinski definition) is 2. The van der Waals surface area contributed by atoms with Gasteiger partial charge in [0, 0.05) is 46.4 Å². The molecule has 0 bridgehead atoms. The largest absolute Gasteiger partial charge is 0.381 e.